The van der Waals surface area contributed by atoms with Crippen molar-refractivity contribution in [3.05, 3.63) is 39.9 Å². The van der Waals surface area contributed by atoms with Gasteiger partial charge in [0.2, 0.25) is 5.78 Å². The van der Waals surface area contributed by atoms with Crippen LogP contribution in [-0.2, 0) is 9.53 Å². The molecule has 0 aromatic heterocycles. The van der Waals surface area contributed by atoms with E-state index in [-0.39, 0.29) is 30.8 Å². The molecule has 1 N–H and O–H groups in total. The molecule has 150 valence electrons. The third kappa shape index (κ3) is 5.19. The molecule has 0 aliphatic carbocycles. The van der Waals surface area contributed by atoms with Gasteiger partial charge in [0.15, 0.2) is 12.2 Å². The maximum absolute atomic E-state index is 14.5. The molecule has 1 rings (SSSR count). The summed E-state index contributed by atoms with van der Waals surface area (Å²) in [5.74, 6) is -5.99. The smallest absolute Gasteiger partial charge is 0.410 e. The fourth-order valence-corrected chi connectivity index (χ4v) is 2.34. The zero-order valence-electron chi connectivity index (χ0n) is 15.2. The second-order valence-electron chi connectivity index (χ2n) is 5.69. The summed E-state index contributed by atoms with van der Waals surface area (Å²) in [5, 5.41) is 20.5. The molecule has 2 atom stereocenters. The van der Waals surface area contributed by atoms with E-state index in [1.54, 1.807) is 13.8 Å². The fraction of sp³-hybridized carbons (Fsp3) is 0.529. The van der Waals surface area contributed by atoms with E-state index < -0.39 is 34.9 Å². The van der Waals surface area contributed by atoms with Crippen LogP contribution in [0.2, 0.25) is 0 Å². The molecule has 1 aromatic carbocycles. The Bertz CT molecular complexity index is 677. The zero-order chi connectivity index (χ0) is 20.8. The Morgan fingerprint density at radius 1 is 1.22 bits per heavy atom. The minimum Gasteiger partial charge on any atom is -0.438 e. The second kappa shape index (κ2) is 9.36. The summed E-state index contributed by atoms with van der Waals surface area (Å²) < 4.78 is 33.8. The minimum absolute atomic E-state index is 0.200. The van der Waals surface area contributed by atoms with Crippen molar-refractivity contribution in [3.8, 4) is 0 Å². The van der Waals surface area contributed by atoms with Crippen molar-refractivity contribution in [1.82, 2.24) is 4.90 Å². The van der Waals surface area contributed by atoms with Crippen LogP contribution in [0.4, 0.5) is 19.3 Å². The van der Waals surface area contributed by atoms with Gasteiger partial charge in [0.25, 0.3) is 5.69 Å². The molecule has 27 heavy (non-hydrogen) atoms. The highest BCUT2D eigenvalue weighted by atomic mass is 19.3. The molecule has 0 aliphatic heterocycles. The summed E-state index contributed by atoms with van der Waals surface area (Å²) in [4.78, 5) is 35.2. The number of hydrogen-bond donors (Lipinski definition) is 1. The van der Waals surface area contributed by atoms with Gasteiger partial charge in [0.1, 0.15) is 0 Å². The molecule has 1 amide bonds. The number of carbonyl (C=O) groups is 2. The molecular weight excluding hydrogens is 366 g/mol. The number of ketones is 1. The highest BCUT2D eigenvalue weighted by Crippen LogP contribution is 2.34. The van der Waals surface area contributed by atoms with Gasteiger partial charge in [-0.3, -0.25) is 14.9 Å². The molecule has 0 radical (unpaired) electrons. The molecule has 0 fully saturated rings. The van der Waals surface area contributed by atoms with Crippen LogP contribution in [0.3, 0.4) is 0 Å². The zero-order valence-corrected chi connectivity index (χ0v) is 15.2. The number of alkyl halides is 2. The van der Waals surface area contributed by atoms with Crippen LogP contribution in [-0.4, -0.2) is 51.9 Å². The number of benzene rings is 1. The van der Waals surface area contributed by atoms with Crippen LogP contribution in [0.1, 0.15) is 38.9 Å². The van der Waals surface area contributed by atoms with Gasteiger partial charge in [-0.15, -0.1) is 0 Å². The average Bonchev–Trinajstić information content (AvgIpc) is 2.65. The Balaban J connectivity index is 2.99. The molecule has 8 nitrogen and oxygen atoms in total. The molecule has 10 heteroatoms. The molecule has 1 aromatic rings. The van der Waals surface area contributed by atoms with E-state index in [2.05, 4.69) is 0 Å². The van der Waals surface area contributed by atoms with E-state index in [0.717, 1.165) is 24.3 Å². The number of nitrogens with zero attached hydrogens (tertiary/aromatic N) is 2. The number of non-ortho nitro benzene ring substituents is 1. The Labute approximate surface area is 154 Å². The van der Waals surface area contributed by atoms with E-state index in [9.17, 15) is 33.6 Å². The maximum atomic E-state index is 14.5. The molecule has 0 saturated heterocycles. The van der Waals surface area contributed by atoms with Gasteiger partial charge in [0, 0.05) is 25.2 Å². The van der Waals surface area contributed by atoms with Gasteiger partial charge in [-0.05, 0) is 38.0 Å². The van der Waals surface area contributed by atoms with Crippen molar-refractivity contribution in [3.63, 3.8) is 0 Å². The third-order valence-corrected chi connectivity index (χ3v) is 4.02. The third-order valence-electron chi connectivity index (χ3n) is 4.02. The van der Waals surface area contributed by atoms with Crippen LogP contribution < -0.4 is 0 Å². The number of hydrogen-bond acceptors (Lipinski definition) is 6. The standard InChI is InChI=1S/C17H22F2N2O6/c1-4-13(27-16(24)20(5-2)6-3)15(23)17(18,19)14(22)11-7-9-12(10-8-11)21(25)26/h7-10,13-14,22H,4-6H2,1-3H3/t13-,14+/m1/s1. The monoisotopic (exact) mass is 388 g/mol. The van der Waals surface area contributed by atoms with Crippen LogP contribution in [0.25, 0.3) is 0 Å². The Kier molecular flexibility index (Phi) is 7.77. The summed E-state index contributed by atoms with van der Waals surface area (Å²) >= 11 is 0. The van der Waals surface area contributed by atoms with Gasteiger partial charge in [-0.25, -0.2) is 4.79 Å². The van der Waals surface area contributed by atoms with Crippen LogP contribution in [0, 0.1) is 10.1 Å². The fourth-order valence-electron chi connectivity index (χ4n) is 2.34. The van der Waals surface area contributed by atoms with Crippen LogP contribution >= 0.6 is 0 Å². The quantitative estimate of drug-likeness (QED) is 0.514. The molecule has 0 spiro atoms. The summed E-state index contributed by atoms with van der Waals surface area (Å²) in [5.41, 5.74) is -0.718. The number of rotatable bonds is 9. The first-order valence-corrected chi connectivity index (χ1v) is 8.40. The predicted octanol–water partition coefficient (Wildman–Crippen LogP) is 3.09. The number of aliphatic hydroxyl groups is 1. The van der Waals surface area contributed by atoms with E-state index in [1.807, 2.05) is 0 Å². The Hall–Kier alpha value is -2.62. The summed E-state index contributed by atoms with van der Waals surface area (Å²) in [6, 6.07) is 3.76. The first kappa shape index (κ1) is 22.4. The van der Waals surface area contributed by atoms with Gasteiger partial charge in [-0.2, -0.15) is 8.78 Å². The molecule has 0 saturated carbocycles. The SMILES string of the molecule is CC[C@@H](OC(=O)N(CC)CC)C(=O)C(F)(F)[C@@H](O)c1ccc([N+](=O)[O-])cc1. The lowest BCUT2D eigenvalue weighted by Gasteiger charge is -2.27. The first-order chi connectivity index (χ1) is 12.6. The van der Waals surface area contributed by atoms with Crippen molar-refractivity contribution in [2.75, 3.05) is 13.1 Å². The topological polar surface area (TPSA) is 110 Å². The van der Waals surface area contributed by atoms with Crippen molar-refractivity contribution in [1.29, 1.82) is 0 Å². The summed E-state index contributed by atoms with van der Waals surface area (Å²) in [7, 11) is 0. The van der Waals surface area contributed by atoms with Crippen molar-refractivity contribution < 1.29 is 33.1 Å². The number of halogens is 2. The number of Topliss-reactive ketones (excluding diaryl/α,β-unsaturated/α-hetero) is 1. The van der Waals surface area contributed by atoms with E-state index in [0.29, 0.717) is 0 Å². The summed E-state index contributed by atoms with van der Waals surface area (Å²) in [6.07, 6.45) is -5.37. The van der Waals surface area contributed by atoms with Gasteiger partial charge in [0.05, 0.1) is 4.92 Å². The van der Waals surface area contributed by atoms with Crippen molar-refractivity contribution in [2.24, 2.45) is 0 Å². The van der Waals surface area contributed by atoms with E-state index >= 15 is 0 Å². The van der Waals surface area contributed by atoms with E-state index in [1.165, 1.54) is 11.8 Å². The van der Waals surface area contributed by atoms with Gasteiger partial charge >= 0.3 is 12.0 Å². The maximum Gasteiger partial charge on any atom is 0.410 e. The normalized spacial score (nSPS) is 13.6. The van der Waals surface area contributed by atoms with Crippen LogP contribution in [0.5, 0.6) is 0 Å². The van der Waals surface area contributed by atoms with Gasteiger partial charge in [-0.1, -0.05) is 6.92 Å². The number of aliphatic hydroxyl groups excluding tert-OH is 1. The largest absolute Gasteiger partial charge is 0.438 e. The first-order valence-electron chi connectivity index (χ1n) is 8.40. The highest BCUT2D eigenvalue weighted by Gasteiger charge is 2.51. The lowest BCUT2D eigenvalue weighted by Crippen LogP contribution is -2.46. The molecular formula is C17H22F2N2O6. The number of amides is 1. The lowest BCUT2D eigenvalue weighted by atomic mass is 9.96. The van der Waals surface area contributed by atoms with Crippen molar-refractivity contribution in [2.45, 2.75) is 45.3 Å². The van der Waals surface area contributed by atoms with Gasteiger partial charge < -0.3 is 14.7 Å². The Morgan fingerprint density at radius 3 is 2.15 bits per heavy atom. The number of ether oxygens (including phenoxy) is 1. The minimum atomic E-state index is -4.25. The molecule has 0 heterocycles. The molecule has 0 unspecified atom stereocenters. The molecule has 0 bridgehead atoms. The molecule has 0 aliphatic rings. The van der Waals surface area contributed by atoms with E-state index in [4.69, 9.17) is 4.74 Å². The number of nitro groups is 1. The Morgan fingerprint density at radius 2 is 1.74 bits per heavy atom. The number of carbonyl (C=O) groups excluding carboxylic acids is 2. The summed E-state index contributed by atoms with van der Waals surface area (Å²) in [6.45, 7) is 5.29. The average molecular weight is 388 g/mol. The van der Waals surface area contributed by atoms with Crippen molar-refractivity contribution >= 4 is 17.6 Å². The van der Waals surface area contributed by atoms with Crippen LogP contribution in [0.15, 0.2) is 24.3 Å². The lowest BCUT2D eigenvalue weighted by molar-refractivity contribution is -0.384. The highest BCUT2D eigenvalue weighted by molar-refractivity contribution is 5.92. The predicted molar refractivity (Wildman–Crippen MR) is 91.5 cm³/mol. The number of nitro benzene ring substituents is 1. The second-order valence-corrected chi connectivity index (χ2v) is 5.69.